The predicted molar refractivity (Wildman–Crippen MR) is 79.3 cm³/mol. The summed E-state index contributed by atoms with van der Waals surface area (Å²) in [6, 6.07) is 13.1. The summed E-state index contributed by atoms with van der Waals surface area (Å²) in [6.07, 6.45) is 1.25. The van der Waals surface area contributed by atoms with Gasteiger partial charge in [-0.25, -0.2) is 5.43 Å². The number of para-hydroxylation sites is 1. The Balaban J connectivity index is 2.03. The summed E-state index contributed by atoms with van der Waals surface area (Å²) >= 11 is 0. The van der Waals surface area contributed by atoms with Crippen LogP contribution in [-0.2, 0) is 0 Å². The maximum Gasteiger partial charge on any atom is 0.387 e. The minimum absolute atomic E-state index is 0.00849. The number of hydrazone groups is 1. The molecule has 0 atom stereocenters. The van der Waals surface area contributed by atoms with Crippen LogP contribution in [0.4, 0.5) is 8.78 Å². The summed E-state index contributed by atoms with van der Waals surface area (Å²) in [4.78, 5) is 11.8. The van der Waals surface area contributed by atoms with Gasteiger partial charge in [0, 0.05) is 11.1 Å². The summed E-state index contributed by atoms with van der Waals surface area (Å²) in [5, 5.41) is 3.76. The molecule has 1 N–H and O–H groups in total. The Morgan fingerprint density at radius 3 is 2.55 bits per heavy atom. The minimum atomic E-state index is -2.92. The molecule has 0 saturated carbocycles. The Labute approximate surface area is 126 Å². The minimum Gasteiger partial charge on any atom is -0.434 e. The maximum atomic E-state index is 12.3. The molecule has 1 amide bonds. The molecule has 0 aliphatic rings. The molecule has 2 aromatic carbocycles. The Morgan fingerprint density at radius 2 is 1.86 bits per heavy atom. The average molecular weight is 304 g/mol. The standard InChI is InChI=1S/C16H14F2N2O2/c1-11-6-8-12(9-7-11)15(21)20-19-10-13-4-2-3-5-14(13)22-16(17)18/h2-10,16H,1H3,(H,20,21)/b19-10+. The monoisotopic (exact) mass is 304 g/mol. The molecular weight excluding hydrogens is 290 g/mol. The third-order valence-electron chi connectivity index (χ3n) is 2.82. The zero-order valence-electron chi connectivity index (χ0n) is 11.8. The number of hydrogen-bond acceptors (Lipinski definition) is 3. The van der Waals surface area contributed by atoms with Crippen molar-refractivity contribution >= 4 is 12.1 Å². The van der Waals surface area contributed by atoms with E-state index in [4.69, 9.17) is 0 Å². The first-order valence-electron chi connectivity index (χ1n) is 6.50. The molecule has 0 spiro atoms. The summed E-state index contributed by atoms with van der Waals surface area (Å²) in [5.74, 6) is -0.394. The van der Waals surface area contributed by atoms with Crippen LogP contribution in [0.3, 0.4) is 0 Å². The van der Waals surface area contributed by atoms with Crippen LogP contribution in [-0.4, -0.2) is 18.7 Å². The second-order valence-electron chi connectivity index (χ2n) is 4.48. The highest BCUT2D eigenvalue weighted by Crippen LogP contribution is 2.18. The van der Waals surface area contributed by atoms with Crippen molar-refractivity contribution in [1.29, 1.82) is 0 Å². The van der Waals surface area contributed by atoms with Gasteiger partial charge in [-0.2, -0.15) is 13.9 Å². The topological polar surface area (TPSA) is 50.7 Å². The van der Waals surface area contributed by atoms with Crippen LogP contribution in [0.5, 0.6) is 5.75 Å². The number of ether oxygens (including phenoxy) is 1. The van der Waals surface area contributed by atoms with E-state index in [1.807, 2.05) is 19.1 Å². The molecule has 114 valence electrons. The summed E-state index contributed by atoms with van der Waals surface area (Å²) in [6.45, 7) is -1.00. The van der Waals surface area contributed by atoms with Crippen molar-refractivity contribution in [2.45, 2.75) is 13.5 Å². The number of halogens is 2. The van der Waals surface area contributed by atoms with E-state index in [0.717, 1.165) is 5.56 Å². The number of aryl methyl sites for hydroxylation is 1. The van der Waals surface area contributed by atoms with Crippen molar-refractivity contribution in [3.05, 3.63) is 65.2 Å². The molecule has 0 aliphatic carbocycles. The number of hydrogen-bond donors (Lipinski definition) is 1. The van der Waals surface area contributed by atoms with E-state index in [2.05, 4.69) is 15.3 Å². The van der Waals surface area contributed by atoms with E-state index >= 15 is 0 Å². The van der Waals surface area contributed by atoms with Crippen LogP contribution in [0.1, 0.15) is 21.5 Å². The Bertz CT molecular complexity index is 670. The number of nitrogens with zero attached hydrogens (tertiary/aromatic N) is 1. The fraction of sp³-hybridized carbons (Fsp3) is 0.125. The molecule has 22 heavy (non-hydrogen) atoms. The van der Waals surface area contributed by atoms with E-state index in [0.29, 0.717) is 11.1 Å². The fourth-order valence-corrected chi connectivity index (χ4v) is 1.72. The van der Waals surface area contributed by atoms with Gasteiger partial charge in [-0.15, -0.1) is 0 Å². The molecular formula is C16H14F2N2O2. The zero-order chi connectivity index (χ0) is 15.9. The predicted octanol–water partition coefficient (Wildman–Crippen LogP) is 3.36. The van der Waals surface area contributed by atoms with E-state index in [1.165, 1.54) is 12.3 Å². The van der Waals surface area contributed by atoms with E-state index < -0.39 is 6.61 Å². The van der Waals surface area contributed by atoms with Crippen molar-refractivity contribution in [3.8, 4) is 5.75 Å². The second-order valence-corrected chi connectivity index (χ2v) is 4.48. The largest absolute Gasteiger partial charge is 0.434 e. The smallest absolute Gasteiger partial charge is 0.387 e. The van der Waals surface area contributed by atoms with Gasteiger partial charge < -0.3 is 4.74 Å². The lowest BCUT2D eigenvalue weighted by atomic mass is 10.1. The van der Waals surface area contributed by atoms with Gasteiger partial charge in [0.2, 0.25) is 0 Å². The first-order chi connectivity index (χ1) is 10.6. The van der Waals surface area contributed by atoms with E-state index in [9.17, 15) is 13.6 Å². The molecule has 0 heterocycles. The normalized spacial score (nSPS) is 10.9. The number of rotatable bonds is 5. The number of nitrogens with one attached hydrogen (secondary N) is 1. The lowest BCUT2D eigenvalue weighted by molar-refractivity contribution is -0.0499. The molecule has 0 saturated heterocycles. The average Bonchev–Trinajstić information content (AvgIpc) is 2.49. The van der Waals surface area contributed by atoms with Crippen molar-refractivity contribution in [3.63, 3.8) is 0 Å². The molecule has 2 aromatic rings. The number of carbonyl (C=O) groups excluding carboxylic acids is 1. The van der Waals surface area contributed by atoms with Crippen LogP contribution < -0.4 is 10.2 Å². The van der Waals surface area contributed by atoms with Crippen LogP contribution >= 0.6 is 0 Å². The molecule has 0 fully saturated rings. The summed E-state index contributed by atoms with van der Waals surface area (Å²) < 4.78 is 28.9. The Morgan fingerprint density at radius 1 is 1.18 bits per heavy atom. The third-order valence-corrected chi connectivity index (χ3v) is 2.82. The molecule has 0 aromatic heterocycles. The van der Waals surface area contributed by atoms with Gasteiger partial charge in [0.25, 0.3) is 5.91 Å². The van der Waals surface area contributed by atoms with Gasteiger partial charge >= 0.3 is 6.61 Å². The van der Waals surface area contributed by atoms with Gasteiger partial charge in [0.05, 0.1) is 6.21 Å². The van der Waals surface area contributed by atoms with Crippen molar-refractivity contribution < 1.29 is 18.3 Å². The SMILES string of the molecule is Cc1ccc(C(=O)N/N=C/c2ccccc2OC(F)F)cc1. The summed E-state index contributed by atoms with van der Waals surface area (Å²) in [7, 11) is 0. The van der Waals surface area contributed by atoms with Crippen molar-refractivity contribution in [2.24, 2.45) is 5.10 Å². The lowest BCUT2D eigenvalue weighted by Gasteiger charge is -2.07. The Hall–Kier alpha value is -2.76. The molecule has 0 unspecified atom stereocenters. The fourth-order valence-electron chi connectivity index (χ4n) is 1.72. The molecule has 4 nitrogen and oxygen atoms in total. The van der Waals surface area contributed by atoms with Crippen molar-refractivity contribution in [2.75, 3.05) is 0 Å². The zero-order valence-corrected chi connectivity index (χ0v) is 11.8. The van der Waals surface area contributed by atoms with Gasteiger partial charge in [-0.05, 0) is 31.2 Å². The summed E-state index contributed by atoms with van der Waals surface area (Å²) in [5.41, 5.74) is 4.17. The van der Waals surface area contributed by atoms with Crippen LogP contribution in [0.2, 0.25) is 0 Å². The van der Waals surface area contributed by atoms with Crippen LogP contribution in [0.25, 0.3) is 0 Å². The van der Waals surface area contributed by atoms with Gasteiger partial charge in [0.1, 0.15) is 5.75 Å². The molecule has 0 radical (unpaired) electrons. The molecule has 6 heteroatoms. The van der Waals surface area contributed by atoms with Crippen LogP contribution in [0.15, 0.2) is 53.6 Å². The van der Waals surface area contributed by atoms with Crippen molar-refractivity contribution in [1.82, 2.24) is 5.43 Å². The number of amides is 1. The number of alkyl halides is 2. The first kappa shape index (κ1) is 15.6. The first-order valence-corrected chi connectivity index (χ1v) is 6.50. The van der Waals surface area contributed by atoms with E-state index in [-0.39, 0.29) is 11.7 Å². The van der Waals surface area contributed by atoms with Crippen LogP contribution in [0, 0.1) is 6.92 Å². The van der Waals surface area contributed by atoms with Gasteiger partial charge in [0.15, 0.2) is 0 Å². The van der Waals surface area contributed by atoms with E-state index in [1.54, 1.807) is 30.3 Å². The number of benzene rings is 2. The lowest BCUT2D eigenvalue weighted by Crippen LogP contribution is -2.17. The maximum absolute atomic E-state index is 12.3. The van der Waals surface area contributed by atoms with Gasteiger partial charge in [-0.1, -0.05) is 29.8 Å². The molecule has 2 rings (SSSR count). The Kier molecular flexibility index (Phi) is 5.19. The quantitative estimate of drug-likeness (QED) is 0.680. The van der Waals surface area contributed by atoms with Gasteiger partial charge in [-0.3, -0.25) is 4.79 Å². The highest BCUT2D eigenvalue weighted by molar-refractivity contribution is 5.95. The molecule has 0 bridgehead atoms. The third kappa shape index (κ3) is 4.37. The number of carbonyl (C=O) groups is 1. The second kappa shape index (κ2) is 7.31. The highest BCUT2D eigenvalue weighted by atomic mass is 19.3. The highest BCUT2D eigenvalue weighted by Gasteiger charge is 2.08. The molecule has 0 aliphatic heterocycles.